The molecule has 1 aliphatic heterocycles. The highest BCUT2D eigenvalue weighted by molar-refractivity contribution is 7.99. The van der Waals surface area contributed by atoms with E-state index in [1.165, 1.54) is 16.7 Å². The van der Waals surface area contributed by atoms with Crippen molar-refractivity contribution in [3.8, 4) is 0 Å². The van der Waals surface area contributed by atoms with Gasteiger partial charge in [-0.05, 0) is 17.7 Å². The summed E-state index contributed by atoms with van der Waals surface area (Å²) in [4.78, 5) is 18.5. The zero-order valence-electron chi connectivity index (χ0n) is 15.6. The van der Waals surface area contributed by atoms with Gasteiger partial charge in [-0.25, -0.2) is 4.98 Å². The molecule has 6 nitrogen and oxygen atoms in total. The average Bonchev–Trinajstić information content (AvgIpc) is 3.16. The van der Waals surface area contributed by atoms with Gasteiger partial charge < -0.3 is 19.4 Å². The molecule has 2 heterocycles. The average molecular weight is 399 g/mol. The van der Waals surface area contributed by atoms with Crippen LogP contribution in [0.2, 0.25) is 0 Å². The molecule has 1 fully saturated rings. The molecule has 1 aromatic heterocycles. The minimum atomic E-state index is -0.0222. The third-order valence-corrected chi connectivity index (χ3v) is 5.66. The van der Waals surface area contributed by atoms with Crippen LogP contribution < -0.4 is 10.2 Å². The Morgan fingerprint density at radius 3 is 2.64 bits per heavy atom. The minimum absolute atomic E-state index is 0.0197. The Kier molecular flexibility index (Phi) is 6.26. The van der Waals surface area contributed by atoms with Gasteiger partial charge in [0.25, 0.3) is 5.22 Å². The Labute approximate surface area is 168 Å². The number of thioether (sulfide) groups is 1. The second kappa shape index (κ2) is 9.23. The molecule has 146 valence electrons. The normalized spacial score (nSPS) is 16.1. The monoisotopic (exact) mass is 398 g/mol. The molecule has 4 rings (SSSR count). The summed E-state index contributed by atoms with van der Waals surface area (Å²) in [5.74, 6) is 0.253. The molecule has 0 aliphatic carbocycles. The van der Waals surface area contributed by atoms with E-state index in [1.807, 2.05) is 42.5 Å². The number of morpholine rings is 1. The van der Waals surface area contributed by atoms with Crippen molar-refractivity contribution in [3.63, 3.8) is 0 Å². The molecule has 0 unspecified atom stereocenters. The lowest BCUT2D eigenvalue weighted by molar-refractivity contribution is -0.909. The van der Waals surface area contributed by atoms with Gasteiger partial charge in [0.05, 0.1) is 19.0 Å². The highest BCUT2D eigenvalue weighted by atomic mass is 32.2. The number of benzene rings is 2. The summed E-state index contributed by atoms with van der Waals surface area (Å²) in [6.45, 7) is 4.34. The van der Waals surface area contributed by atoms with Crippen LogP contribution in [0, 0.1) is 0 Å². The number of oxazole rings is 1. The first-order chi connectivity index (χ1) is 13.8. The summed E-state index contributed by atoms with van der Waals surface area (Å²) in [5, 5.41) is 3.71. The number of hydrogen-bond acceptors (Lipinski definition) is 5. The van der Waals surface area contributed by atoms with Gasteiger partial charge in [-0.3, -0.25) is 4.79 Å². The van der Waals surface area contributed by atoms with Gasteiger partial charge in [-0.15, -0.1) is 0 Å². The maximum absolute atomic E-state index is 12.6. The van der Waals surface area contributed by atoms with Crippen LogP contribution in [0.1, 0.15) is 11.6 Å². The fourth-order valence-corrected chi connectivity index (χ4v) is 4.02. The number of para-hydroxylation sites is 2. The number of carbonyl (C=O) groups is 1. The number of nitrogens with one attached hydrogen (secondary N) is 2. The molecular formula is C21H24N3O3S+. The van der Waals surface area contributed by atoms with Gasteiger partial charge in [0.2, 0.25) is 5.91 Å². The van der Waals surface area contributed by atoms with Gasteiger partial charge in [-0.1, -0.05) is 54.2 Å². The number of fused-ring (bicyclic) bond motifs is 1. The van der Waals surface area contributed by atoms with Crippen molar-refractivity contribution >= 4 is 28.8 Å². The van der Waals surface area contributed by atoms with Gasteiger partial charge in [0.1, 0.15) is 31.2 Å². The molecular weight excluding hydrogens is 374 g/mol. The van der Waals surface area contributed by atoms with Crippen LogP contribution in [-0.2, 0) is 9.53 Å². The molecule has 0 radical (unpaired) electrons. The first-order valence-electron chi connectivity index (χ1n) is 9.52. The molecule has 1 atom stereocenters. The standard InChI is InChI=1S/C21H23N3O3S/c25-20(15-28-21-23-17-8-4-5-9-19(17)27-21)22-18(16-6-2-1-3-7-16)14-24-10-12-26-13-11-24/h1-9,18H,10-15H2,(H,22,25)/p+1/t18-/m0/s1. The molecule has 1 saturated heterocycles. The molecule has 0 saturated carbocycles. The topological polar surface area (TPSA) is 68.8 Å². The molecule has 2 aromatic carbocycles. The number of ether oxygens (including phenoxy) is 1. The van der Waals surface area contributed by atoms with E-state index in [0.29, 0.717) is 5.22 Å². The molecule has 0 spiro atoms. The predicted octanol–water partition coefficient (Wildman–Crippen LogP) is 1.69. The number of aromatic nitrogens is 1. The van der Waals surface area contributed by atoms with E-state index in [2.05, 4.69) is 22.4 Å². The van der Waals surface area contributed by atoms with Crippen molar-refractivity contribution in [2.45, 2.75) is 11.3 Å². The number of hydrogen-bond donors (Lipinski definition) is 2. The highest BCUT2D eigenvalue weighted by Gasteiger charge is 2.23. The van der Waals surface area contributed by atoms with Crippen molar-refractivity contribution in [3.05, 3.63) is 60.2 Å². The van der Waals surface area contributed by atoms with E-state index >= 15 is 0 Å². The van der Waals surface area contributed by atoms with Crippen molar-refractivity contribution < 1.29 is 18.8 Å². The minimum Gasteiger partial charge on any atom is -0.431 e. The van der Waals surface area contributed by atoms with Gasteiger partial charge in [0, 0.05) is 0 Å². The summed E-state index contributed by atoms with van der Waals surface area (Å²) < 4.78 is 11.1. The van der Waals surface area contributed by atoms with E-state index in [-0.39, 0.29) is 17.7 Å². The quantitative estimate of drug-likeness (QED) is 0.593. The van der Waals surface area contributed by atoms with E-state index in [1.54, 1.807) is 0 Å². The summed E-state index contributed by atoms with van der Waals surface area (Å²) in [6, 6.07) is 17.7. The lowest BCUT2D eigenvalue weighted by atomic mass is 10.1. The fourth-order valence-electron chi connectivity index (χ4n) is 3.37. The van der Waals surface area contributed by atoms with E-state index in [4.69, 9.17) is 9.15 Å². The van der Waals surface area contributed by atoms with Crippen LogP contribution in [0.15, 0.2) is 64.2 Å². The first-order valence-corrected chi connectivity index (χ1v) is 10.5. The summed E-state index contributed by atoms with van der Waals surface area (Å²) in [7, 11) is 0. The van der Waals surface area contributed by atoms with Crippen LogP contribution in [0.5, 0.6) is 0 Å². The maximum atomic E-state index is 12.6. The molecule has 28 heavy (non-hydrogen) atoms. The molecule has 3 aromatic rings. The molecule has 1 amide bonds. The van der Waals surface area contributed by atoms with Crippen LogP contribution in [-0.4, -0.2) is 49.5 Å². The van der Waals surface area contributed by atoms with Gasteiger partial charge in [0.15, 0.2) is 5.58 Å². The molecule has 0 bridgehead atoms. The largest absolute Gasteiger partial charge is 0.431 e. The second-order valence-electron chi connectivity index (χ2n) is 6.83. The maximum Gasteiger partial charge on any atom is 0.257 e. The van der Waals surface area contributed by atoms with Crippen molar-refractivity contribution in [1.29, 1.82) is 0 Å². The van der Waals surface area contributed by atoms with Crippen LogP contribution in [0.25, 0.3) is 11.1 Å². The Hall–Kier alpha value is -2.35. The molecule has 7 heteroatoms. The summed E-state index contributed by atoms with van der Waals surface area (Å²) >= 11 is 1.32. The molecule has 1 aliphatic rings. The van der Waals surface area contributed by atoms with Gasteiger partial charge >= 0.3 is 0 Å². The zero-order valence-corrected chi connectivity index (χ0v) is 16.4. The van der Waals surface area contributed by atoms with Crippen LogP contribution in [0.3, 0.4) is 0 Å². The Balaban J connectivity index is 1.38. The Morgan fingerprint density at radius 2 is 1.86 bits per heavy atom. The van der Waals surface area contributed by atoms with Crippen LogP contribution >= 0.6 is 11.8 Å². The number of quaternary nitrogens is 1. The zero-order chi connectivity index (χ0) is 19.2. The third-order valence-electron chi connectivity index (χ3n) is 4.83. The summed E-state index contributed by atoms with van der Waals surface area (Å²) in [5.41, 5.74) is 2.67. The number of amides is 1. The Bertz CT molecular complexity index is 876. The first kappa shape index (κ1) is 19.0. The summed E-state index contributed by atoms with van der Waals surface area (Å²) in [6.07, 6.45) is 0. The lowest BCUT2D eigenvalue weighted by Gasteiger charge is -2.28. The SMILES string of the molecule is O=C(CSc1nc2ccccc2o1)N[C@@H](C[NH+]1CCOCC1)c1ccccc1. The molecule has 2 N–H and O–H groups in total. The van der Waals surface area contributed by atoms with Gasteiger partial charge in [-0.2, -0.15) is 0 Å². The number of rotatable bonds is 7. The number of nitrogens with zero attached hydrogens (tertiary/aromatic N) is 1. The van der Waals surface area contributed by atoms with Crippen LogP contribution in [0.4, 0.5) is 0 Å². The van der Waals surface area contributed by atoms with E-state index < -0.39 is 0 Å². The van der Waals surface area contributed by atoms with Crippen molar-refractivity contribution in [2.24, 2.45) is 0 Å². The van der Waals surface area contributed by atoms with Crippen molar-refractivity contribution in [2.75, 3.05) is 38.6 Å². The fraction of sp³-hybridized carbons (Fsp3) is 0.333. The van der Waals surface area contributed by atoms with Crippen molar-refractivity contribution in [1.82, 2.24) is 10.3 Å². The third kappa shape index (κ3) is 4.92. The lowest BCUT2D eigenvalue weighted by Crippen LogP contribution is -3.14. The number of carbonyl (C=O) groups excluding carboxylic acids is 1. The van der Waals surface area contributed by atoms with E-state index in [0.717, 1.165) is 49.5 Å². The second-order valence-corrected chi connectivity index (χ2v) is 7.76. The highest BCUT2D eigenvalue weighted by Crippen LogP contribution is 2.23. The smallest absolute Gasteiger partial charge is 0.257 e. The van der Waals surface area contributed by atoms with E-state index in [9.17, 15) is 4.79 Å². The predicted molar refractivity (Wildman–Crippen MR) is 108 cm³/mol. The Morgan fingerprint density at radius 1 is 1.11 bits per heavy atom.